The first-order valence-corrected chi connectivity index (χ1v) is 6.42. The Bertz CT molecular complexity index is 275. The van der Waals surface area contributed by atoms with Crippen LogP contribution in [0.2, 0.25) is 0 Å². The maximum absolute atomic E-state index is 12.0. The minimum Gasteiger partial charge on any atom is -0.379 e. The normalized spacial score (nSPS) is 19.7. The summed E-state index contributed by atoms with van der Waals surface area (Å²) in [7, 11) is 0.113. The molecule has 0 aliphatic carbocycles. The van der Waals surface area contributed by atoms with Crippen LogP contribution in [0, 0.1) is 0 Å². The van der Waals surface area contributed by atoms with Gasteiger partial charge in [-0.15, -0.1) is 0 Å². The molecule has 1 N–H and O–H groups in total. The van der Waals surface area contributed by atoms with Crippen LogP contribution >= 0.6 is 0 Å². The highest BCUT2D eigenvalue weighted by molar-refractivity contribution is 7.86. The van der Waals surface area contributed by atoms with Crippen molar-refractivity contribution in [1.82, 2.24) is 13.9 Å². The van der Waals surface area contributed by atoms with E-state index in [2.05, 4.69) is 5.32 Å². The number of hydrogen-bond acceptors (Lipinski definition) is 4. The molecule has 1 heterocycles. The summed E-state index contributed by atoms with van der Waals surface area (Å²) in [6.07, 6.45) is 0. The molecule has 0 aromatic carbocycles. The monoisotopic (exact) mass is 237 g/mol. The molecule has 1 rings (SSSR count). The average molecular weight is 237 g/mol. The molecular formula is C8H19N3O3S. The molecule has 0 bridgehead atoms. The lowest BCUT2D eigenvalue weighted by Crippen LogP contribution is -2.48. The van der Waals surface area contributed by atoms with Crippen molar-refractivity contribution in [3.05, 3.63) is 0 Å². The van der Waals surface area contributed by atoms with Crippen molar-refractivity contribution in [2.24, 2.45) is 0 Å². The molecule has 0 unspecified atom stereocenters. The van der Waals surface area contributed by atoms with Crippen LogP contribution < -0.4 is 5.32 Å². The molecule has 0 amide bonds. The van der Waals surface area contributed by atoms with Crippen LogP contribution in [0.3, 0.4) is 0 Å². The lowest BCUT2D eigenvalue weighted by atomic mass is 10.5. The summed E-state index contributed by atoms with van der Waals surface area (Å²) in [5.41, 5.74) is 0. The van der Waals surface area contributed by atoms with Gasteiger partial charge in [-0.1, -0.05) is 0 Å². The van der Waals surface area contributed by atoms with E-state index < -0.39 is 10.2 Å². The molecule has 0 atom stereocenters. The Labute approximate surface area is 91.4 Å². The van der Waals surface area contributed by atoms with Gasteiger partial charge in [0.1, 0.15) is 0 Å². The maximum Gasteiger partial charge on any atom is 0.281 e. The third-order valence-corrected chi connectivity index (χ3v) is 4.35. The highest BCUT2D eigenvalue weighted by Crippen LogP contribution is 2.08. The Morgan fingerprint density at radius 1 is 1.40 bits per heavy atom. The summed E-state index contributed by atoms with van der Waals surface area (Å²) >= 11 is 0. The van der Waals surface area contributed by atoms with Crippen molar-refractivity contribution in [3.63, 3.8) is 0 Å². The molecule has 7 heteroatoms. The average Bonchev–Trinajstić information content (AvgIpc) is 2.27. The zero-order chi connectivity index (χ0) is 11.3. The van der Waals surface area contributed by atoms with Gasteiger partial charge < -0.3 is 10.1 Å². The lowest BCUT2D eigenvalue weighted by molar-refractivity contribution is 0.0706. The predicted octanol–water partition coefficient (Wildman–Crippen LogP) is -1.29. The van der Waals surface area contributed by atoms with Crippen molar-refractivity contribution in [1.29, 1.82) is 0 Å². The molecule has 0 saturated carbocycles. The molecule has 1 fully saturated rings. The number of morpholine rings is 1. The molecule has 6 nitrogen and oxygen atoms in total. The van der Waals surface area contributed by atoms with Gasteiger partial charge in [0.05, 0.1) is 13.2 Å². The van der Waals surface area contributed by atoms with Crippen LogP contribution in [-0.4, -0.2) is 70.5 Å². The van der Waals surface area contributed by atoms with E-state index in [-0.39, 0.29) is 0 Å². The van der Waals surface area contributed by atoms with Crippen LogP contribution in [0.5, 0.6) is 0 Å². The predicted molar refractivity (Wildman–Crippen MR) is 57.9 cm³/mol. The molecule has 1 aliphatic heterocycles. The molecule has 0 aromatic rings. The Balaban J connectivity index is 2.55. The molecule has 1 aliphatic rings. The van der Waals surface area contributed by atoms with Gasteiger partial charge in [-0.3, -0.25) is 0 Å². The Hall–Kier alpha value is -0.210. The fraction of sp³-hybridized carbons (Fsp3) is 1.00. The van der Waals surface area contributed by atoms with Gasteiger partial charge in [0.25, 0.3) is 10.2 Å². The molecule has 15 heavy (non-hydrogen) atoms. The van der Waals surface area contributed by atoms with E-state index in [1.807, 2.05) is 0 Å². The Kier molecular flexibility index (Phi) is 4.94. The van der Waals surface area contributed by atoms with Crippen LogP contribution in [-0.2, 0) is 14.9 Å². The lowest BCUT2D eigenvalue weighted by Gasteiger charge is -2.30. The van der Waals surface area contributed by atoms with Crippen molar-refractivity contribution >= 4 is 10.2 Å². The van der Waals surface area contributed by atoms with Crippen LogP contribution in [0.1, 0.15) is 0 Å². The Morgan fingerprint density at radius 2 is 2.00 bits per heavy atom. The molecule has 90 valence electrons. The van der Waals surface area contributed by atoms with Gasteiger partial charge in [-0.05, 0) is 7.05 Å². The smallest absolute Gasteiger partial charge is 0.281 e. The highest BCUT2D eigenvalue weighted by Gasteiger charge is 2.27. The summed E-state index contributed by atoms with van der Waals surface area (Å²) in [5, 5.41) is 2.92. The fourth-order valence-corrected chi connectivity index (χ4v) is 2.69. The second-order valence-corrected chi connectivity index (χ2v) is 5.48. The molecule has 1 saturated heterocycles. The zero-order valence-electron chi connectivity index (χ0n) is 9.27. The third-order valence-electron chi connectivity index (χ3n) is 2.37. The SMILES string of the molecule is CNCCN(C)S(=O)(=O)N1CCOCC1. The van der Waals surface area contributed by atoms with Gasteiger partial charge in [0.2, 0.25) is 0 Å². The van der Waals surface area contributed by atoms with Crippen LogP contribution in [0.4, 0.5) is 0 Å². The number of rotatable bonds is 5. The second-order valence-electron chi connectivity index (χ2n) is 3.44. The van der Waals surface area contributed by atoms with Crippen molar-refractivity contribution in [2.45, 2.75) is 0 Å². The minimum atomic E-state index is -3.29. The van der Waals surface area contributed by atoms with Crippen LogP contribution in [0.25, 0.3) is 0 Å². The largest absolute Gasteiger partial charge is 0.379 e. The maximum atomic E-state index is 12.0. The van der Waals surface area contributed by atoms with Crippen molar-refractivity contribution < 1.29 is 13.2 Å². The van der Waals surface area contributed by atoms with Gasteiger partial charge in [0, 0.05) is 33.2 Å². The third kappa shape index (κ3) is 3.39. The zero-order valence-corrected chi connectivity index (χ0v) is 10.1. The number of ether oxygens (including phenoxy) is 1. The quantitative estimate of drug-likeness (QED) is 0.646. The van der Waals surface area contributed by atoms with E-state index in [1.54, 1.807) is 14.1 Å². The fourth-order valence-electron chi connectivity index (χ4n) is 1.36. The molecule has 0 spiro atoms. The van der Waals surface area contributed by atoms with Gasteiger partial charge in [0.15, 0.2) is 0 Å². The van der Waals surface area contributed by atoms with Gasteiger partial charge >= 0.3 is 0 Å². The standard InChI is InChI=1S/C8H19N3O3S/c1-9-3-4-10(2)15(12,13)11-5-7-14-8-6-11/h9H,3-8H2,1-2H3. The van der Waals surface area contributed by atoms with E-state index in [0.29, 0.717) is 39.4 Å². The first-order valence-electron chi connectivity index (χ1n) is 5.03. The van der Waals surface area contributed by atoms with E-state index >= 15 is 0 Å². The first-order chi connectivity index (χ1) is 7.09. The van der Waals surface area contributed by atoms with Crippen LogP contribution in [0.15, 0.2) is 0 Å². The summed E-state index contributed by atoms with van der Waals surface area (Å²) in [6, 6.07) is 0. The minimum absolute atomic E-state index is 0.451. The number of hydrogen-bond donors (Lipinski definition) is 1. The van der Waals surface area contributed by atoms with E-state index in [9.17, 15) is 8.42 Å². The number of nitrogens with one attached hydrogen (secondary N) is 1. The van der Waals surface area contributed by atoms with Gasteiger partial charge in [-0.25, -0.2) is 0 Å². The summed E-state index contributed by atoms with van der Waals surface area (Å²) in [4.78, 5) is 0. The highest BCUT2D eigenvalue weighted by atomic mass is 32.2. The molecule has 0 aromatic heterocycles. The van der Waals surface area contributed by atoms with Gasteiger partial charge in [-0.2, -0.15) is 17.0 Å². The summed E-state index contributed by atoms with van der Waals surface area (Å²) < 4.78 is 31.9. The number of nitrogens with zero attached hydrogens (tertiary/aromatic N) is 2. The van der Waals surface area contributed by atoms with E-state index in [4.69, 9.17) is 4.74 Å². The summed E-state index contributed by atoms with van der Waals surface area (Å²) in [5.74, 6) is 0. The van der Waals surface area contributed by atoms with Crippen molar-refractivity contribution in [2.75, 3.05) is 53.5 Å². The topological polar surface area (TPSA) is 61.9 Å². The molecule has 0 radical (unpaired) electrons. The molecular weight excluding hydrogens is 218 g/mol. The first kappa shape index (κ1) is 12.9. The number of likely N-dealkylation sites (N-methyl/N-ethyl adjacent to an activating group) is 2. The van der Waals surface area contributed by atoms with E-state index in [0.717, 1.165) is 0 Å². The summed E-state index contributed by atoms with van der Waals surface area (Å²) in [6.45, 7) is 3.01. The Morgan fingerprint density at radius 3 is 2.53 bits per heavy atom. The van der Waals surface area contributed by atoms with E-state index in [1.165, 1.54) is 8.61 Å². The second kappa shape index (κ2) is 5.76. The van der Waals surface area contributed by atoms with Crippen molar-refractivity contribution in [3.8, 4) is 0 Å².